The number of hydrogen-bond donors (Lipinski definition) is 0. The highest BCUT2D eigenvalue weighted by Gasteiger charge is 2.22. The molecule has 4 rings (SSSR count). The van der Waals surface area contributed by atoms with Gasteiger partial charge in [-0.05, 0) is 38.1 Å². The number of nitro groups is 1. The van der Waals surface area contributed by atoms with E-state index in [0.717, 1.165) is 11.3 Å². The van der Waals surface area contributed by atoms with Crippen molar-refractivity contribution in [3.05, 3.63) is 76.4 Å². The van der Waals surface area contributed by atoms with Gasteiger partial charge in [0.1, 0.15) is 0 Å². The number of para-hydroxylation sites is 1. The molecule has 0 aliphatic heterocycles. The number of aromatic nitrogens is 5. The molecule has 2 aromatic heterocycles. The molecule has 2 aromatic carbocycles. The van der Waals surface area contributed by atoms with Crippen molar-refractivity contribution in [1.29, 1.82) is 0 Å². The average Bonchev–Trinajstić information content (AvgIpc) is 3.35. The van der Waals surface area contributed by atoms with Crippen molar-refractivity contribution in [2.45, 2.75) is 24.3 Å². The molecule has 4 aromatic rings. The lowest BCUT2D eigenvalue weighted by atomic mass is 10.2. The lowest BCUT2D eigenvalue weighted by Crippen LogP contribution is -2.01. The molecule has 29 heavy (non-hydrogen) atoms. The lowest BCUT2D eigenvalue weighted by Gasteiger charge is -2.11. The number of aryl methyl sites for hydroxylation is 1. The second-order valence-electron chi connectivity index (χ2n) is 6.22. The van der Waals surface area contributed by atoms with Crippen molar-refractivity contribution in [3.8, 4) is 17.1 Å². The molecule has 0 saturated carbocycles. The van der Waals surface area contributed by atoms with E-state index in [1.54, 1.807) is 19.1 Å². The molecule has 0 unspecified atom stereocenters. The van der Waals surface area contributed by atoms with E-state index in [-0.39, 0.29) is 10.9 Å². The van der Waals surface area contributed by atoms with Crippen molar-refractivity contribution < 1.29 is 9.45 Å². The standard InChI is InChI=1S/C19H16N6O3S/c1-12(18-20-13(2)23-28-18)29-19-22-21-17(24(19)15-6-4-3-5-7-15)14-8-10-16(11-9-14)25(26)27/h3-12H,1-2H3/t12-/m0/s1. The molecule has 0 fully saturated rings. The molecule has 0 aliphatic carbocycles. The average molecular weight is 408 g/mol. The van der Waals surface area contributed by atoms with Crippen LogP contribution in [0.4, 0.5) is 5.69 Å². The van der Waals surface area contributed by atoms with Crippen LogP contribution in [0.5, 0.6) is 0 Å². The van der Waals surface area contributed by atoms with E-state index in [2.05, 4.69) is 20.3 Å². The van der Waals surface area contributed by atoms with Crippen molar-refractivity contribution in [2.24, 2.45) is 0 Å². The van der Waals surface area contributed by atoms with E-state index in [1.165, 1.54) is 23.9 Å². The second kappa shape index (κ2) is 7.84. The summed E-state index contributed by atoms with van der Waals surface area (Å²) in [5.74, 6) is 1.66. The number of thioether (sulfide) groups is 1. The predicted octanol–water partition coefficient (Wildman–Crippen LogP) is 4.39. The van der Waals surface area contributed by atoms with Gasteiger partial charge in [-0.15, -0.1) is 10.2 Å². The van der Waals surface area contributed by atoms with Gasteiger partial charge in [-0.1, -0.05) is 35.1 Å². The predicted molar refractivity (Wildman–Crippen MR) is 107 cm³/mol. The highest BCUT2D eigenvalue weighted by Crippen LogP contribution is 2.36. The summed E-state index contributed by atoms with van der Waals surface area (Å²) in [5, 5.41) is 24.0. The van der Waals surface area contributed by atoms with E-state index < -0.39 is 4.92 Å². The number of rotatable bonds is 6. The summed E-state index contributed by atoms with van der Waals surface area (Å²) in [6.45, 7) is 3.72. The first-order valence-corrected chi connectivity index (χ1v) is 9.63. The molecule has 9 nitrogen and oxygen atoms in total. The number of benzene rings is 2. The van der Waals surface area contributed by atoms with Gasteiger partial charge in [0, 0.05) is 23.4 Å². The quantitative estimate of drug-likeness (QED) is 0.262. The Kier molecular flexibility index (Phi) is 5.09. The zero-order valence-corrected chi connectivity index (χ0v) is 16.4. The van der Waals surface area contributed by atoms with Crippen LogP contribution in [-0.2, 0) is 0 Å². The van der Waals surface area contributed by atoms with Crippen LogP contribution in [0.1, 0.15) is 23.9 Å². The van der Waals surface area contributed by atoms with Crippen molar-refractivity contribution in [3.63, 3.8) is 0 Å². The molecule has 0 aliphatic rings. The van der Waals surface area contributed by atoms with Gasteiger partial charge < -0.3 is 4.52 Å². The Morgan fingerprint density at radius 3 is 2.45 bits per heavy atom. The number of non-ortho nitro benzene ring substituents is 1. The fourth-order valence-electron chi connectivity index (χ4n) is 2.76. The maximum absolute atomic E-state index is 10.9. The maximum atomic E-state index is 10.9. The summed E-state index contributed by atoms with van der Waals surface area (Å²) in [6.07, 6.45) is 0. The molecule has 0 saturated heterocycles. The molecular weight excluding hydrogens is 392 g/mol. The van der Waals surface area contributed by atoms with Gasteiger partial charge in [0.25, 0.3) is 5.69 Å². The zero-order chi connectivity index (χ0) is 20.4. The van der Waals surface area contributed by atoms with Gasteiger partial charge in [0.05, 0.1) is 10.2 Å². The van der Waals surface area contributed by atoms with Crippen LogP contribution in [0.3, 0.4) is 0 Å². The first kappa shape index (κ1) is 18.8. The van der Waals surface area contributed by atoms with Gasteiger partial charge in [-0.3, -0.25) is 14.7 Å². The third kappa shape index (κ3) is 3.87. The van der Waals surface area contributed by atoms with Crippen LogP contribution < -0.4 is 0 Å². The Morgan fingerprint density at radius 2 is 1.83 bits per heavy atom. The Labute approximate surface area is 169 Å². The second-order valence-corrected chi connectivity index (χ2v) is 7.53. The Bertz CT molecular complexity index is 1140. The molecular formula is C19H16N6O3S. The van der Waals surface area contributed by atoms with Gasteiger partial charge in [-0.25, -0.2) is 0 Å². The van der Waals surface area contributed by atoms with Crippen molar-refractivity contribution in [2.75, 3.05) is 0 Å². The van der Waals surface area contributed by atoms with Crippen LogP contribution in [-0.4, -0.2) is 29.8 Å². The molecule has 10 heteroatoms. The maximum Gasteiger partial charge on any atom is 0.269 e. The number of hydrogen-bond acceptors (Lipinski definition) is 8. The van der Waals surface area contributed by atoms with Crippen molar-refractivity contribution >= 4 is 17.4 Å². The summed E-state index contributed by atoms with van der Waals surface area (Å²) in [4.78, 5) is 14.8. The van der Waals surface area contributed by atoms with E-state index in [9.17, 15) is 10.1 Å². The van der Waals surface area contributed by atoms with Gasteiger partial charge >= 0.3 is 0 Å². The summed E-state index contributed by atoms with van der Waals surface area (Å²) in [5.41, 5.74) is 1.62. The van der Waals surface area contributed by atoms with Crippen LogP contribution in [0.25, 0.3) is 17.1 Å². The Hall–Kier alpha value is -3.53. The number of nitrogens with zero attached hydrogens (tertiary/aromatic N) is 6. The lowest BCUT2D eigenvalue weighted by molar-refractivity contribution is -0.384. The third-order valence-corrected chi connectivity index (χ3v) is 5.19. The minimum Gasteiger partial charge on any atom is -0.338 e. The van der Waals surface area contributed by atoms with E-state index in [1.807, 2.05) is 41.8 Å². The first-order valence-electron chi connectivity index (χ1n) is 8.75. The minimum atomic E-state index is -0.430. The Morgan fingerprint density at radius 1 is 1.10 bits per heavy atom. The van der Waals surface area contributed by atoms with Crippen LogP contribution in [0, 0.1) is 17.0 Å². The smallest absolute Gasteiger partial charge is 0.269 e. The topological polar surface area (TPSA) is 113 Å². The van der Waals surface area contributed by atoms with Crippen LogP contribution >= 0.6 is 11.8 Å². The summed E-state index contributed by atoms with van der Waals surface area (Å²) >= 11 is 1.44. The molecule has 146 valence electrons. The van der Waals surface area contributed by atoms with E-state index in [0.29, 0.717) is 22.7 Å². The third-order valence-electron chi connectivity index (χ3n) is 4.16. The summed E-state index contributed by atoms with van der Waals surface area (Å²) in [7, 11) is 0. The normalized spacial score (nSPS) is 12.1. The zero-order valence-electron chi connectivity index (χ0n) is 15.6. The molecule has 0 spiro atoms. The van der Waals surface area contributed by atoms with E-state index >= 15 is 0 Å². The van der Waals surface area contributed by atoms with Gasteiger partial charge in [0.2, 0.25) is 5.89 Å². The van der Waals surface area contributed by atoms with Gasteiger partial charge in [-0.2, -0.15) is 4.98 Å². The molecule has 0 radical (unpaired) electrons. The highest BCUT2D eigenvalue weighted by molar-refractivity contribution is 7.99. The first-order chi connectivity index (χ1) is 14.0. The fourth-order valence-corrected chi connectivity index (χ4v) is 3.66. The van der Waals surface area contributed by atoms with Crippen LogP contribution in [0.2, 0.25) is 0 Å². The Balaban J connectivity index is 1.75. The van der Waals surface area contributed by atoms with Crippen LogP contribution in [0.15, 0.2) is 64.3 Å². The molecule has 0 amide bonds. The molecule has 1 atom stereocenters. The van der Waals surface area contributed by atoms with E-state index in [4.69, 9.17) is 4.52 Å². The minimum absolute atomic E-state index is 0.0227. The molecule has 0 bridgehead atoms. The molecule has 0 N–H and O–H groups in total. The fraction of sp³-hybridized carbons (Fsp3) is 0.158. The van der Waals surface area contributed by atoms with Gasteiger partial charge in [0.15, 0.2) is 16.8 Å². The SMILES string of the molecule is Cc1noc([C@H](C)Sc2nnc(-c3ccc([N+](=O)[O-])cc3)n2-c2ccccc2)n1. The largest absolute Gasteiger partial charge is 0.338 e. The number of nitro benzene ring substituents is 1. The molecule has 2 heterocycles. The summed E-state index contributed by atoms with van der Waals surface area (Å²) < 4.78 is 7.18. The van der Waals surface area contributed by atoms with Crippen molar-refractivity contribution in [1.82, 2.24) is 24.9 Å². The highest BCUT2D eigenvalue weighted by atomic mass is 32.2. The summed E-state index contributed by atoms with van der Waals surface area (Å²) in [6, 6.07) is 15.9. The monoisotopic (exact) mass is 408 g/mol.